The average molecular weight is 235 g/mol. The number of carbonyl (C=O) groups is 1. The molecule has 0 unspecified atom stereocenters. The van der Waals surface area contributed by atoms with Gasteiger partial charge < -0.3 is 10.2 Å². The molecule has 0 saturated heterocycles. The van der Waals surface area contributed by atoms with Gasteiger partial charge in [0.25, 0.3) is 0 Å². The van der Waals surface area contributed by atoms with Gasteiger partial charge >= 0.3 is 0 Å². The summed E-state index contributed by atoms with van der Waals surface area (Å²) in [6, 6.07) is 5.87. The Morgan fingerprint density at radius 3 is 2.88 bits per heavy atom. The average Bonchev–Trinajstić information content (AvgIpc) is 2.29. The molecular formula is C13H21N3O. The highest BCUT2D eigenvalue weighted by Crippen LogP contribution is 2.04. The van der Waals surface area contributed by atoms with Gasteiger partial charge in [0.15, 0.2) is 0 Å². The predicted molar refractivity (Wildman–Crippen MR) is 68.6 cm³/mol. The van der Waals surface area contributed by atoms with Crippen molar-refractivity contribution in [2.45, 2.75) is 26.3 Å². The maximum absolute atomic E-state index is 11.8. The zero-order valence-electron chi connectivity index (χ0n) is 10.9. The fraction of sp³-hybridized carbons (Fsp3) is 0.538. The van der Waals surface area contributed by atoms with Gasteiger partial charge in [-0.3, -0.25) is 9.78 Å². The quantitative estimate of drug-likeness (QED) is 0.757. The number of carbonyl (C=O) groups excluding carboxylic acids is 1. The van der Waals surface area contributed by atoms with Gasteiger partial charge in [-0.15, -0.1) is 0 Å². The van der Waals surface area contributed by atoms with Crippen LogP contribution >= 0.6 is 0 Å². The van der Waals surface area contributed by atoms with Crippen molar-refractivity contribution in [1.82, 2.24) is 15.2 Å². The number of amides is 1. The van der Waals surface area contributed by atoms with Crippen molar-refractivity contribution in [3.63, 3.8) is 0 Å². The Kier molecular flexibility index (Phi) is 5.63. The first-order chi connectivity index (χ1) is 8.13. The molecule has 4 heteroatoms. The number of pyridine rings is 1. The van der Waals surface area contributed by atoms with Crippen LogP contribution in [0.5, 0.6) is 0 Å². The second-order valence-corrected chi connectivity index (χ2v) is 4.23. The van der Waals surface area contributed by atoms with Crippen molar-refractivity contribution in [2.75, 3.05) is 20.6 Å². The second kappa shape index (κ2) is 7.01. The molecule has 0 aromatic carbocycles. The van der Waals surface area contributed by atoms with Gasteiger partial charge in [-0.05, 0) is 39.1 Å². The van der Waals surface area contributed by atoms with Crippen LogP contribution in [0, 0.1) is 6.92 Å². The van der Waals surface area contributed by atoms with E-state index in [1.165, 1.54) is 0 Å². The highest BCUT2D eigenvalue weighted by molar-refractivity contribution is 5.75. The van der Waals surface area contributed by atoms with Crippen LogP contribution in [0.2, 0.25) is 0 Å². The Bertz CT molecular complexity index is 365. The van der Waals surface area contributed by atoms with E-state index in [0.717, 1.165) is 24.4 Å². The Labute approximate surface area is 103 Å². The van der Waals surface area contributed by atoms with Crippen molar-refractivity contribution in [1.29, 1.82) is 0 Å². The van der Waals surface area contributed by atoms with Crippen LogP contribution in [0.4, 0.5) is 0 Å². The van der Waals surface area contributed by atoms with Crippen LogP contribution in [0.1, 0.15) is 24.2 Å². The number of hydrogen-bond donors (Lipinski definition) is 1. The van der Waals surface area contributed by atoms with Crippen LogP contribution in [0.25, 0.3) is 0 Å². The summed E-state index contributed by atoms with van der Waals surface area (Å²) in [5, 5.41) is 3.04. The van der Waals surface area contributed by atoms with Crippen molar-refractivity contribution in [3.05, 3.63) is 29.6 Å². The lowest BCUT2D eigenvalue weighted by Gasteiger charge is -2.16. The van der Waals surface area contributed by atoms with Gasteiger partial charge in [0.1, 0.15) is 0 Å². The summed E-state index contributed by atoms with van der Waals surface area (Å²) in [5.74, 6) is 0.170. The molecule has 0 bridgehead atoms. The lowest BCUT2D eigenvalue weighted by molar-refractivity contribution is -0.130. The van der Waals surface area contributed by atoms with E-state index < -0.39 is 0 Å². The third-order valence-corrected chi connectivity index (χ3v) is 2.59. The molecule has 0 fully saturated rings. The lowest BCUT2D eigenvalue weighted by atomic mass is 10.2. The second-order valence-electron chi connectivity index (χ2n) is 4.23. The number of rotatable bonds is 6. The molecule has 0 atom stereocenters. The summed E-state index contributed by atoms with van der Waals surface area (Å²) in [4.78, 5) is 17.9. The maximum Gasteiger partial charge on any atom is 0.222 e. The van der Waals surface area contributed by atoms with E-state index in [1.807, 2.05) is 39.2 Å². The molecule has 4 nitrogen and oxygen atoms in total. The van der Waals surface area contributed by atoms with E-state index in [0.29, 0.717) is 13.0 Å². The number of nitrogens with one attached hydrogen (secondary N) is 1. The Balaban J connectivity index is 2.43. The SMILES string of the molecule is CNCCCC(=O)N(C)Cc1cccc(C)n1. The lowest BCUT2D eigenvalue weighted by Crippen LogP contribution is -2.27. The largest absolute Gasteiger partial charge is 0.340 e. The highest BCUT2D eigenvalue weighted by Gasteiger charge is 2.09. The zero-order chi connectivity index (χ0) is 12.7. The Hall–Kier alpha value is -1.42. The predicted octanol–water partition coefficient (Wildman–Crippen LogP) is 1.35. The molecule has 1 N–H and O–H groups in total. The fourth-order valence-corrected chi connectivity index (χ4v) is 1.63. The standard InChI is InChI=1S/C13H21N3O/c1-11-6-4-7-12(15-11)10-16(3)13(17)8-5-9-14-2/h4,6-7,14H,5,8-10H2,1-3H3. The van der Waals surface area contributed by atoms with Crippen LogP contribution in [-0.2, 0) is 11.3 Å². The van der Waals surface area contributed by atoms with Gasteiger partial charge in [-0.1, -0.05) is 6.07 Å². The first-order valence-corrected chi connectivity index (χ1v) is 5.94. The molecule has 0 aliphatic rings. The van der Waals surface area contributed by atoms with E-state index in [9.17, 15) is 4.79 Å². The van der Waals surface area contributed by atoms with Gasteiger partial charge in [-0.25, -0.2) is 0 Å². The summed E-state index contributed by atoms with van der Waals surface area (Å²) in [6.07, 6.45) is 1.46. The smallest absolute Gasteiger partial charge is 0.222 e. The van der Waals surface area contributed by atoms with Gasteiger partial charge in [-0.2, -0.15) is 0 Å². The summed E-state index contributed by atoms with van der Waals surface area (Å²) in [7, 11) is 3.72. The maximum atomic E-state index is 11.8. The minimum atomic E-state index is 0.170. The van der Waals surface area contributed by atoms with Crippen molar-refractivity contribution in [2.24, 2.45) is 0 Å². The molecule has 0 aliphatic carbocycles. The van der Waals surface area contributed by atoms with E-state index in [4.69, 9.17) is 0 Å². The highest BCUT2D eigenvalue weighted by atomic mass is 16.2. The molecule has 1 aromatic rings. The van der Waals surface area contributed by atoms with E-state index in [2.05, 4.69) is 10.3 Å². The van der Waals surface area contributed by atoms with Crippen molar-refractivity contribution in [3.8, 4) is 0 Å². The fourth-order valence-electron chi connectivity index (χ4n) is 1.63. The van der Waals surface area contributed by atoms with Crippen LogP contribution < -0.4 is 5.32 Å². The molecule has 94 valence electrons. The topological polar surface area (TPSA) is 45.2 Å². The summed E-state index contributed by atoms with van der Waals surface area (Å²) in [5.41, 5.74) is 1.92. The number of hydrogen-bond acceptors (Lipinski definition) is 3. The first kappa shape index (κ1) is 13.6. The van der Waals surface area contributed by atoms with E-state index >= 15 is 0 Å². The number of aryl methyl sites for hydroxylation is 1. The molecule has 1 aromatic heterocycles. The molecule has 17 heavy (non-hydrogen) atoms. The summed E-state index contributed by atoms with van der Waals surface area (Å²) in [6.45, 7) is 3.42. The minimum Gasteiger partial charge on any atom is -0.340 e. The number of aromatic nitrogens is 1. The normalized spacial score (nSPS) is 10.3. The molecule has 1 rings (SSSR count). The van der Waals surface area contributed by atoms with Crippen LogP contribution in [0.3, 0.4) is 0 Å². The van der Waals surface area contributed by atoms with Crippen LogP contribution in [-0.4, -0.2) is 36.4 Å². The molecule has 1 amide bonds. The van der Waals surface area contributed by atoms with E-state index in [1.54, 1.807) is 4.90 Å². The molecule has 0 saturated carbocycles. The van der Waals surface area contributed by atoms with E-state index in [-0.39, 0.29) is 5.91 Å². The molecule has 0 spiro atoms. The first-order valence-electron chi connectivity index (χ1n) is 5.94. The minimum absolute atomic E-state index is 0.170. The Morgan fingerprint density at radius 2 is 2.24 bits per heavy atom. The zero-order valence-corrected chi connectivity index (χ0v) is 10.9. The molecule has 0 radical (unpaired) electrons. The molecular weight excluding hydrogens is 214 g/mol. The summed E-state index contributed by atoms with van der Waals surface area (Å²) >= 11 is 0. The van der Waals surface area contributed by atoms with Crippen molar-refractivity contribution < 1.29 is 4.79 Å². The molecule has 1 heterocycles. The third-order valence-electron chi connectivity index (χ3n) is 2.59. The number of nitrogens with zero attached hydrogens (tertiary/aromatic N) is 2. The summed E-state index contributed by atoms with van der Waals surface area (Å²) < 4.78 is 0. The van der Waals surface area contributed by atoms with Gasteiger partial charge in [0.2, 0.25) is 5.91 Å². The van der Waals surface area contributed by atoms with Crippen molar-refractivity contribution >= 4 is 5.91 Å². The van der Waals surface area contributed by atoms with Gasteiger partial charge in [0.05, 0.1) is 12.2 Å². The third kappa shape index (κ3) is 4.95. The monoisotopic (exact) mass is 235 g/mol. The molecule has 0 aliphatic heterocycles. The van der Waals surface area contributed by atoms with Crippen LogP contribution in [0.15, 0.2) is 18.2 Å². The van der Waals surface area contributed by atoms with Gasteiger partial charge in [0, 0.05) is 19.2 Å². The Morgan fingerprint density at radius 1 is 1.47 bits per heavy atom.